The lowest BCUT2D eigenvalue weighted by atomic mass is 9.96. The van der Waals surface area contributed by atoms with Crippen molar-refractivity contribution in [1.29, 1.82) is 0 Å². The number of hydrogen-bond acceptors (Lipinski definition) is 3. The summed E-state index contributed by atoms with van der Waals surface area (Å²) in [4.78, 5) is 34.0. The minimum Gasteiger partial charge on any atom is -0.481 e. The van der Waals surface area contributed by atoms with Crippen LogP contribution in [0.15, 0.2) is 0 Å². The van der Waals surface area contributed by atoms with Crippen LogP contribution in [0.1, 0.15) is 40.0 Å². The van der Waals surface area contributed by atoms with Crippen LogP contribution in [0.5, 0.6) is 0 Å². The van der Waals surface area contributed by atoms with Crippen LogP contribution < -0.4 is 10.6 Å². The number of carboxylic acids is 1. The molecule has 108 valence electrons. The van der Waals surface area contributed by atoms with Crippen molar-refractivity contribution in [1.82, 2.24) is 10.6 Å². The van der Waals surface area contributed by atoms with Gasteiger partial charge >= 0.3 is 5.97 Å². The smallest absolute Gasteiger partial charge is 0.306 e. The molecule has 0 aliphatic heterocycles. The highest BCUT2D eigenvalue weighted by Crippen LogP contribution is 2.25. The second-order valence-electron chi connectivity index (χ2n) is 6.05. The van der Waals surface area contributed by atoms with E-state index in [4.69, 9.17) is 5.11 Å². The SMILES string of the molecule is CC(C)(C)C(=O)NCC(=O)N[C@@H]1CC[C@H](C(=O)O)C1. The third-order valence-electron chi connectivity index (χ3n) is 3.24. The Kier molecular flexibility index (Phi) is 4.91. The third kappa shape index (κ3) is 4.89. The van der Waals surface area contributed by atoms with Gasteiger partial charge in [0.25, 0.3) is 0 Å². The molecule has 1 fully saturated rings. The Hall–Kier alpha value is -1.59. The maximum absolute atomic E-state index is 11.6. The van der Waals surface area contributed by atoms with Gasteiger partial charge in [-0.15, -0.1) is 0 Å². The molecule has 19 heavy (non-hydrogen) atoms. The van der Waals surface area contributed by atoms with Crippen LogP contribution in [-0.4, -0.2) is 35.5 Å². The number of nitrogens with one attached hydrogen (secondary N) is 2. The summed E-state index contributed by atoms with van der Waals surface area (Å²) >= 11 is 0. The fraction of sp³-hybridized carbons (Fsp3) is 0.769. The van der Waals surface area contributed by atoms with Crippen LogP contribution in [0.4, 0.5) is 0 Å². The molecule has 0 spiro atoms. The molecule has 1 rings (SSSR count). The van der Waals surface area contributed by atoms with Gasteiger partial charge in [0.15, 0.2) is 0 Å². The van der Waals surface area contributed by atoms with Gasteiger partial charge in [0.2, 0.25) is 11.8 Å². The molecule has 3 N–H and O–H groups in total. The quantitative estimate of drug-likeness (QED) is 0.694. The molecule has 6 nitrogen and oxygen atoms in total. The van der Waals surface area contributed by atoms with Gasteiger partial charge in [0.05, 0.1) is 12.5 Å². The first-order chi connectivity index (χ1) is 8.70. The molecule has 6 heteroatoms. The molecular weight excluding hydrogens is 248 g/mol. The lowest BCUT2D eigenvalue weighted by Gasteiger charge is -2.18. The summed E-state index contributed by atoms with van der Waals surface area (Å²) in [6.07, 6.45) is 1.73. The van der Waals surface area contributed by atoms with Crippen LogP contribution >= 0.6 is 0 Å². The summed E-state index contributed by atoms with van der Waals surface area (Å²) in [6, 6.07) is -0.0971. The molecule has 1 aliphatic rings. The summed E-state index contributed by atoms with van der Waals surface area (Å²) in [6.45, 7) is 5.25. The summed E-state index contributed by atoms with van der Waals surface area (Å²) in [5.74, 6) is -1.63. The molecule has 0 unspecified atom stereocenters. The predicted octanol–water partition coefficient (Wildman–Crippen LogP) is 0.518. The van der Waals surface area contributed by atoms with Crippen LogP contribution in [-0.2, 0) is 14.4 Å². The van der Waals surface area contributed by atoms with Crippen LogP contribution in [0.2, 0.25) is 0 Å². The normalized spacial score (nSPS) is 22.9. The van der Waals surface area contributed by atoms with Crippen molar-refractivity contribution in [2.24, 2.45) is 11.3 Å². The Morgan fingerprint density at radius 3 is 2.32 bits per heavy atom. The van der Waals surface area contributed by atoms with Crippen LogP contribution in [0.3, 0.4) is 0 Å². The molecule has 0 bridgehead atoms. The largest absolute Gasteiger partial charge is 0.481 e. The van der Waals surface area contributed by atoms with Gasteiger partial charge in [0, 0.05) is 11.5 Å². The molecule has 0 aromatic heterocycles. The Labute approximate surface area is 112 Å². The van der Waals surface area contributed by atoms with Crippen molar-refractivity contribution in [2.75, 3.05) is 6.54 Å². The van der Waals surface area contributed by atoms with Crippen molar-refractivity contribution in [3.8, 4) is 0 Å². The van der Waals surface area contributed by atoms with Crippen molar-refractivity contribution >= 4 is 17.8 Å². The van der Waals surface area contributed by atoms with E-state index in [1.807, 2.05) is 0 Å². The fourth-order valence-electron chi connectivity index (χ4n) is 2.04. The molecule has 2 amide bonds. The zero-order chi connectivity index (χ0) is 14.6. The molecule has 1 aliphatic carbocycles. The Morgan fingerprint density at radius 2 is 1.84 bits per heavy atom. The summed E-state index contributed by atoms with van der Waals surface area (Å²) in [5.41, 5.74) is -0.526. The van der Waals surface area contributed by atoms with Gasteiger partial charge in [-0.05, 0) is 19.3 Å². The first kappa shape index (κ1) is 15.5. The molecule has 2 atom stereocenters. The molecule has 0 aromatic carbocycles. The van der Waals surface area contributed by atoms with Gasteiger partial charge < -0.3 is 15.7 Å². The fourth-order valence-corrected chi connectivity index (χ4v) is 2.04. The number of aliphatic carboxylic acids is 1. The third-order valence-corrected chi connectivity index (χ3v) is 3.24. The molecule has 0 heterocycles. The first-order valence-corrected chi connectivity index (χ1v) is 6.50. The predicted molar refractivity (Wildman–Crippen MR) is 69.4 cm³/mol. The number of rotatable bonds is 4. The van der Waals surface area contributed by atoms with E-state index in [9.17, 15) is 14.4 Å². The van der Waals surface area contributed by atoms with E-state index < -0.39 is 11.4 Å². The minimum atomic E-state index is -0.808. The van der Waals surface area contributed by atoms with Crippen LogP contribution in [0.25, 0.3) is 0 Å². The van der Waals surface area contributed by atoms with E-state index in [0.717, 1.165) is 0 Å². The Balaban J connectivity index is 2.29. The van der Waals surface area contributed by atoms with Crippen LogP contribution in [0, 0.1) is 11.3 Å². The first-order valence-electron chi connectivity index (χ1n) is 6.50. The minimum absolute atomic E-state index is 0.0651. The second kappa shape index (κ2) is 6.04. The second-order valence-corrected chi connectivity index (χ2v) is 6.05. The Morgan fingerprint density at radius 1 is 1.21 bits per heavy atom. The summed E-state index contributed by atoms with van der Waals surface area (Å²) in [5, 5.41) is 14.2. The van der Waals surface area contributed by atoms with E-state index in [1.54, 1.807) is 20.8 Å². The monoisotopic (exact) mass is 270 g/mol. The maximum Gasteiger partial charge on any atom is 0.306 e. The summed E-state index contributed by atoms with van der Waals surface area (Å²) in [7, 11) is 0. The van der Waals surface area contributed by atoms with E-state index >= 15 is 0 Å². The number of hydrogen-bond donors (Lipinski definition) is 3. The maximum atomic E-state index is 11.6. The lowest BCUT2D eigenvalue weighted by molar-refractivity contribution is -0.141. The average molecular weight is 270 g/mol. The molecular formula is C13H22N2O4. The molecule has 0 radical (unpaired) electrons. The van der Waals surface area contributed by atoms with Gasteiger partial charge in [-0.25, -0.2) is 0 Å². The number of amides is 2. The topological polar surface area (TPSA) is 95.5 Å². The Bertz CT molecular complexity index is 373. The van der Waals surface area contributed by atoms with Gasteiger partial charge in [0.1, 0.15) is 0 Å². The summed E-state index contributed by atoms with van der Waals surface area (Å²) < 4.78 is 0. The van der Waals surface area contributed by atoms with Crippen molar-refractivity contribution in [3.63, 3.8) is 0 Å². The van der Waals surface area contributed by atoms with E-state index in [1.165, 1.54) is 0 Å². The van der Waals surface area contributed by atoms with Gasteiger partial charge in [-0.3, -0.25) is 14.4 Å². The zero-order valence-electron chi connectivity index (χ0n) is 11.7. The van der Waals surface area contributed by atoms with Gasteiger partial charge in [-0.2, -0.15) is 0 Å². The molecule has 0 aromatic rings. The van der Waals surface area contributed by atoms with E-state index in [2.05, 4.69) is 10.6 Å². The van der Waals surface area contributed by atoms with Crippen molar-refractivity contribution < 1.29 is 19.5 Å². The van der Waals surface area contributed by atoms with E-state index in [-0.39, 0.29) is 30.3 Å². The average Bonchev–Trinajstić information content (AvgIpc) is 2.73. The van der Waals surface area contributed by atoms with Crippen molar-refractivity contribution in [2.45, 2.75) is 46.1 Å². The molecule has 1 saturated carbocycles. The zero-order valence-corrected chi connectivity index (χ0v) is 11.7. The van der Waals surface area contributed by atoms with E-state index in [0.29, 0.717) is 19.3 Å². The standard InChI is InChI=1S/C13H22N2O4/c1-13(2,3)12(19)14-7-10(16)15-9-5-4-8(6-9)11(17)18/h8-9H,4-7H2,1-3H3,(H,14,19)(H,15,16)(H,17,18)/t8-,9+/m0/s1. The number of carbonyl (C=O) groups is 3. The number of carbonyl (C=O) groups excluding carboxylic acids is 2. The molecule has 0 saturated heterocycles. The van der Waals surface area contributed by atoms with Gasteiger partial charge in [-0.1, -0.05) is 20.8 Å². The number of carboxylic acid groups (broad SMARTS) is 1. The highest BCUT2D eigenvalue weighted by atomic mass is 16.4. The van der Waals surface area contributed by atoms with Crippen molar-refractivity contribution in [3.05, 3.63) is 0 Å². The lowest BCUT2D eigenvalue weighted by Crippen LogP contribution is -2.44. The highest BCUT2D eigenvalue weighted by molar-refractivity contribution is 5.87. The highest BCUT2D eigenvalue weighted by Gasteiger charge is 2.30.